The first-order valence-corrected chi connectivity index (χ1v) is 17.3. The zero-order chi connectivity index (χ0) is 29.3. The van der Waals surface area contributed by atoms with Crippen LogP contribution in [0.25, 0.3) is 0 Å². The summed E-state index contributed by atoms with van der Waals surface area (Å²) in [6.07, 6.45) is 7.63. The fraction of sp³-hybridized carbons (Fsp3) is 0.613. The highest BCUT2D eigenvalue weighted by Crippen LogP contribution is 2.55. The molecular weight excluding hydrogens is 568 g/mol. The van der Waals surface area contributed by atoms with Crippen molar-refractivity contribution in [3.8, 4) is 0 Å². The summed E-state index contributed by atoms with van der Waals surface area (Å²) in [6.45, 7) is 3.40. The van der Waals surface area contributed by atoms with Crippen LogP contribution in [-0.4, -0.2) is 85.1 Å². The molecule has 2 N–H and O–H groups in total. The van der Waals surface area contributed by atoms with Crippen LogP contribution in [0.5, 0.6) is 0 Å². The average molecular weight is 609 g/mol. The minimum atomic E-state index is -3.13. The minimum absolute atomic E-state index is 0.0640. The largest absolute Gasteiger partial charge is 0.431 e. The van der Waals surface area contributed by atoms with E-state index >= 15 is 0 Å². The number of fused-ring (bicyclic) bond motifs is 1. The number of aliphatic hydroxyl groups is 1. The van der Waals surface area contributed by atoms with Gasteiger partial charge in [0.05, 0.1) is 40.7 Å². The van der Waals surface area contributed by atoms with Crippen molar-refractivity contribution in [2.75, 3.05) is 54.1 Å². The minimum Gasteiger partial charge on any atom is -0.390 e. The van der Waals surface area contributed by atoms with Crippen LogP contribution in [0, 0.1) is 17.8 Å². The Morgan fingerprint density at radius 1 is 0.930 bits per heavy atom. The summed E-state index contributed by atoms with van der Waals surface area (Å²) >= 11 is 0. The lowest BCUT2D eigenvalue weighted by atomic mass is 9.52. The molecule has 6 fully saturated rings. The molecule has 230 valence electrons. The number of rotatable bonds is 6. The van der Waals surface area contributed by atoms with E-state index in [2.05, 4.69) is 15.1 Å². The molecule has 12 heteroatoms. The first kappa shape index (κ1) is 27.5. The van der Waals surface area contributed by atoms with Crippen molar-refractivity contribution in [2.24, 2.45) is 17.8 Å². The summed E-state index contributed by atoms with van der Waals surface area (Å²) < 4.78 is 26.8. The van der Waals surface area contributed by atoms with Crippen LogP contribution in [0.3, 0.4) is 0 Å². The molecule has 5 aliphatic carbocycles. The number of hydrogen-bond donors (Lipinski definition) is 2. The number of hydroxylamine groups is 1. The Hall–Kier alpha value is -3.09. The lowest BCUT2D eigenvalue weighted by molar-refractivity contribution is -0.137. The smallest absolute Gasteiger partial charge is 0.390 e. The number of benzene rings is 1. The van der Waals surface area contributed by atoms with Gasteiger partial charge in [0.2, 0.25) is 10.0 Å². The van der Waals surface area contributed by atoms with Gasteiger partial charge in [-0.05, 0) is 87.0 Å². The molecule has 2 aliphatic heterocycles. The number of anilines is 4. The number of sulfonamides is 1. The maximum absolute atomic E-state index is 13.1. The van der Waals surface area contributed by atoms with E-state index in [1.165, 1.54) is 0 Å². The van der Waals surface area contributed by atoms with Crippen molar-refractivity contribution in [3.63, 3.8) is 0 Å². The Morgan fingerprint density at radius 2 is 1.65 bits per heavy atom. The number of nitrogens with zero attached hydrogens (tertiary/aromatic N) is 5. The number of nitrogens with one attached hydrogen (secondary N) is 1. The van der Waals surface area contributed by atoms with Gasteiger partial charge in [0.15, 0.2) is 0 Å². The third kappa shape index (κ3) is 5.01. The Bertz CT molecular complexity index is 1480. The lowest BCUT2D eigenvalue weighted by Crippen LogP contribution is -2.62. The van der Waals surface area contributed by atoms with Gasteiger partial charge in [0, 0.05) is 38.8 Å². The van der Waals surface area contributed by atoms with Crippen LogP contribution in [0.4, 0.5) is 27.7 Å². The standard InChI is InChI=1S/C31H40N6O5S/c38-30(33-29-22-15-21-16-23(29)19-31(39,17-21)18-22)42-37-14-13-36(26-3-1-2-4-27(26)37)28-8-5-24(20-32-28)34-9-11-35(12-10-34)43(40,41)25-6-7-25/h1-5,8,20-23,25,29,39H,6-7,9-19H2,(H,33,38)/t21?,22-,23+,29?,31?. The van der Waals surface area contributed by atoms with Crippen molar-refractivity contribution in [1.29, 1.82) is 0 Å². The molecule has 1 aromatic carbocycles. The maximum atomic E-state index is 13.1. The quantitative estimate of drug-likeness (QED) is 0.510. The van der Waals surface area contributed by atoms with Crippen molar-refractivity contribution in [1.82, 2.24) is 14.6 Å². The maximum Gasteiger partial charge on any atom is 0.431 e. The van der Waals surface area contributed by atoms with Gasteiger partial charge in [0.25, 0.3) is 0 Å². The van der Waals surface area contributed by atoms with Gasteiger partial charge in [-0.25, -0.2) is 23.3 Å². The number of hydrogen-bond acceptors (Lipinski definition) is 9. The molecule has 11 nitrogen and oxygen atoms in total. The molecule has 5 atom stereocenters. The first-order chi connectivity index (χ1) is 20.8. The van der Waals surface area contributed by atoms with E-state index < -0.39 is 21.7 Å². The van der Waals surface area contributed by atoms with Crippen molar-refractivity contribution in [3.05, 3.63) is 42.6 Å². The summed E-state index contributed by atoms with van der Waals surface area (Å²) in [6, 6.07) is 12.0. The van der Waals surface area contributed by atoms with E-state index in [-0.39, 0.29) is 11.3 Å². The molecule has 1 aromatic heterocycles. The Labute approximate surface area is 252 Å². The highest BCUT2D eigenvalue weighted by atomic mass is 32.2. The van der Waals surface area contributed by atoms with Crippen LogP contribution >= 0.6 is 0 Å². The average Bonchev–Trinajstić information content (AvgIpc) is 3.85. The first-order valence-electron chi connectivity index (χ1n) is 15.8. The Kier molecular flexibility index (Phi) is 6.54. The van der Waals surface area contributed by atoms with Crippen molar-refractivity contribution in [2.45, 2.75) is 61.8 Å². The predicted octanol–water partition coefficient (Wildman–Crippen LogP) is 3.23. The summed E-state index contributed by atoms with van der Waals surface area (Å²) in [5, 5.41) is 15.6. The van der Waals surface area contributed by atoms with Gasteiger partial charge < -0.3 is 25.1 Å². The number of aromatic nitrogens is 1. The second-order valence-corrected chi connectivity index (χ2v) is 15.7. The van der Waals surface area contributed by atoms with Crippen LogP contribution in [0.1, 0.15) is 44.9 Å². The number of piperazine rings is 1. The molecule has 2 aromatic rings. The Balaban J connectivity index is 0.914. The van der Waals surface area contributed by atoms with Gasteiger partial charge in [0.1, 0.15) is 5.82 Å². The van der Waals surface area contributed by atoms with E-state index in [0.29, 0.717) is 57.0 Å². The summed E-state index contributed by atoms with van der Waals surface area (Å²) in [7, 11) is -3.13. The summed E-state index contributed by atoms with van der Waals surface area (Å²) in [5.41, 5.74) is 2.17. The van der Waals surface area contributed by atoms with Gasteiger partial charge >= 0.3 is 6.09 Å². The molecule has 5 saturated carbocycles. The molecule has 1 saturated heterocycles. The summed E-state index contributed by atoms with van der Waals surface area (Å²) in [4.78, 5) is 28.2. The fourth-order valence-electron chi connectivity index (χ4n) is 8.65. The molecule has 9 rings (SSSR count). The third-order valence-corrected chi connectivity index (χ3v) is 13.0. The number of para-hydroxylation sites is 2. The Morgan fingerprint density at radius 3 is 2.30 bits per heavy atom. The van der Waals surface area contributed by atoms with Crippen LogP contribution in [0.2, 0.25) is 0 Å². The second kappa shape index (κ2) is 10.2. The van der Waals surface area contributed by atoms with Gasteiger partial charge in [-0.1, -0.05) is 12.1 Å². The van der Waals surface area contributed by atoms with E-state index in [9.17, 15) is 18.3 Å². The van der Waals surface area contributed by atoms with Gasteiger partial charge in [-0.3, -0.25) is 0 Å². The molecular formula is C31H40N6O5S. The normalized spacial score (nSPS) is 32.1. The molecule has 3 heterocycles. The SMILES string of the molecule is O=C(NC1[C@@H]2CC3C[C@H]1CC(O)(C3)C2)ON1CCN(c2ccc(N3CCN(S(=O)(=O)C4CC4)CC3)cn2)c2ccccc21. The zero-order valence-corrected chi connectivity index (χ0v) is 25.2. The van der Waals surface area contributed by atoms with E-state index in [4.69, 9.17) is 9.82 Å². The van der Waals surface area contributed by atoms with Gasteiger partial charge in [-0.15, -0.1) is 0 Å². The van der Waals surface area contributed by atoms with E-state index in [1.807, 2.05) is 42.6 Å². The molecule has 43 heavy (non-hydrogen) atoms. The fourth-order valence-corrected chi connectivity index (χ4v) is 10.5. The van der Waals surface area contributed by atoms with E-state index in [1.54, 1.807) is 9.37 Å². The monoisotopic (exact) mass is 608 g/mol. The van der Waals surface area contributed by atoms with Gasteiger partial charge in [-0.2, -0.15) is 4.31 Å². The number of carbonyl (C=O) groups excluding carboxylic acids is 1. The molecule has 3 unspecified atom stereocenters. The van der Waals surface area contributed by atoms with Crippen LogP contribution < -0.4 is 20.2 Å². The van der Waals surface area contributed by atoms with Crippen molar-refractivity contribution >= 4 is 39.0 Å². The lowest BCUT2D eigenvalue weighted by Gasteiger charge is -2.57. The van der Waals surface area contributed by atoms with Crippen LogP contribution in [-0.2, 0) is 14.9 Å². The molecule has 7 aliphatic rings. The third-order valence-electron chi connectivity index (χ3n) is 10.6. The molecule has 4 bridgehead atoms. The number of amides is 1. The van der Waals surface area contributed by atoms with Crippen molar-refractivity contribution < 1.29 is 23.2 Å². The number of carbonyl (C=O) groups is 1. The van der Waals surface area contributed by atoms with Crippen LogP contribution in [0.15, 0.2) is 42.6 Å². The molecule has 0 spiro atoms. The topological polar surface area (TPSA) is 119 Å². The highest BCUT2D eigenvalue weighted by Gasteiger charge is 2.55. The van der Waals surface area contributed by atoms with E-state index in [0.717, 1.165) is 67.8 Å². The molecule has 0 radical (unpaired) electrons. The zero-order valence-electron chi connectivity index (χ0n) is 24.3. The predicted molar refractivity (Wildman–Crippen MR) is 163 cm³/mol. The summed E-state index contributed by atoms with van der Waals surface area (Å²) in [5.74, 6) is 2.03. The highest BCUT2D eigenvalue weighted by molar-refractivity contribution is 7.90. The molecule has 1 amide bonds. The number of pyridine rings is 1. The second-order valence-electron chi connectivity index (χ2n) is 13.5.